The van der Waals surface area contributed by atoms with E-state index in [9.17, 15) is 0 Å². The monoisotopic (exact) mass is 219 g/mol. The zero-order chi connectivity index (χ0) is 10.8. The van der Waals surface area contributed by atoms with Crippen LogP contribution >= 0.6 is 11.3 Å². The second kappa shape index (κ2) is 4.33. The van der Waals surface area contributed by atoms with Crippen molar-refractivity contribution < 1.29 is 0 Å². The highest BCUT2D eigenvalue weighted by atomic mass is 32.1. The molecule has 0 fully saturated rings. The van der Waals surface area contributed by atoms with Gasteiger partial charge in [0.1, 0.15) is 0 Å². The molecule has 1 heterocycles. The average Bonchev–Trinajstić information content (AvgIpc) is 2.70. The van der Waals surface area contributed by atoms with Crippen LogP contribution in [0.2, 0.25) is 0 Å². The van der Waals surface area contributed by atoms with E-state index in [0.717, 1.165) is 6.42 Å². The maximum Gasteiger partial charge on any atom is 0.0346 e. The van der Waals surface area contributed by atoms with Crippen molar-refractivity contribution in [3.8, 4) is 0 Å². The first-order valence-electron chi connectivity index (χ1n) is 5.45. The molecule has 0 radical (unpaired) electrons. The summed E-state index contributed by atoms with van der Waals surface area (Å²) < 4.78 is 1.34. The minimum Gasteiger partial charge on any atom is -0.324 e. The summed E-state index contributed by atoms with van der Waals surface area (Å²) in [6.45, 7) is 4.41. The highest BCUT2D eigenvalue weighted by molar-refractivity contribution is 7.17. The lowest BCUT2D eigenvalue weighted by molar-refractivity contribution is 0.460. The first-order chi connectivity index (χ1) is 7.24. The van der Waals surface area contributed by atoms with Gasteiger partial charge < -0.3 is 5.73 Å². The van der Waals surface area contributed by atoms with Gasteiger partial charge in [0.2, 0.25) is 0 Å². The predicted octanol–water partition coefficient (Wildman–Crippen LogP) is 3.95. The number of benzene rings is 1. The molecule has 0 bridgehead atoms. The van der Waals surface area contributed by atoms with Crippen LogP contribution in [0.1, 0.15) is 31.9 Å². The zero-order valence-corrected chi connectivity index (χ0v) is 10.1. The molecule has 1 aromatic heterocycles. The molecule has 1 aromatic carbocycles. The van der Waals surface area contributed by atoms with Gasteiger partial charge >= 0.3 is 0 Å². The van der Waals surface area contributed by atoms with Crippen LogP contribution in [0.4, 0.5) is 0 Å². The van der Waals surface area contributed by atoms with E-state index in [0.29, 0.717) is 5.92 Å². The summed E-state index contributed by atoms with van der Waals surface area (Å²) in [6, 6.07) is 8.67. The van der Waals surface area contributed by atoms with Crippen molar-refractivity contribution in [3.63, 3.8) is 0 Å². The van der Waals surface area contributed by atoms with Gasteiger partial charge in [-0.2, -0.15) is 0 Å². The first kappa shape index (κ1) is 10.7. The second-order valence-electron chi connectivity index (χ2n) is 4.10. The first-order valence-corrected chi connectivity index (χ1v) is 6.33. The Labute approximate surface area is 94.9 Å². The van der Waals surface area contributed by atoms with E-state index in [2.05, 4.69) is 43.5 Å². The minimum atomic E-state index is 0.172. The van der Waals surface area contributed by atoms with Crippen LogP contribution in [0, 0.1) is 5.92 Å². The molecule has 0 aliphatic heterocycles. The van der Waals surface area contributed by atoms with Crippen LogP contribution < -0.4 is 5.73 Å². The third-order valence-corrected chi connectivity index (χ3v) is 4.11. The van der Waals surface area contributed by atoms with Gasteiger partial charge in [0.15, 0.2) is 0 Å². The molecule has 15 heavy (non-hydrogen) atoms. The van der Waals surface area contributed by atoms with Gasteiger partial charge in [-0.15, -0.1) is 11.3 Å². The summed E-state index contributed by atoms with van der Waals surface area (Å²) >= 11 is 1.79. The fourth-order valence-corrected chi connectivity index (χ4v) is 2.82. The van der Waals surface area contributed by atoms with Crippen molar-refractivity contribution >= 4 is 21.4 Å². The second-order valence-corrected chi connectivity index (χ2v) is 5.01. The van der Waals surface area contributed by atoms with E-state index in [1.54, 1.807) is 11.3 Å². The lowest BCUT2D eigenvalue weighted by atomic mass is 9.93. The van der Waals surface area contributed by atoms with Crippen molar-refractivity contribution in [1.29, 1.82) is 0 Å². The Kier molecular flexibility index (Phi) is 3.08. The number of fused-ring (bicyclic) bond motifs is 1. The SMILES string of the molecule is CCC(C)[C@@H](N)c1csc2ccccc12. The van der Waals surface area contributed by atoms with Crippen LogP contribution in [0.5, 0.6) is 0 Å². The quantitative estimate of drug-likeness (QED) is 0.831. The molecule has 1 unspecified atom stereocenters. The zero-order valence-electron chi connectivity index (χ0n) is 9.23. The van der Waals surface area contributed by atoms with Crippen LogP contribution in [0.25, 0.3) is 10.1 Å². The fraction of sp³-hybridized carbons (Fsp3) is 0.385. The Hall–Kier alpha value is -0.860. The van der Waals surface area contributed by atoms with Crippen molar-refractivity contribution in [2.75, 3.05) is 0 Å². The van der Waals surface area contributed by atoms with E-state index in [1.807, 2.05) is 0 Å². The Morgan fingerprint density at radius 1 is 1.33 bits per heavy atom. The van der Waals surface area contributed by atoms with E-state index >= 15 is 0 Å². The molecule has 0 saturated carbocycles. The molecule has 0 aliphatic carbocycles. The maximum absolute atomic E-state index is 6.27. The number of rotatable bonds is 3. The lowest BCUT2D eigenvalue weighted by Gasteiger charge is -2.17. The molecule has 80 valence electrons. The summed E-state index contributed by atoms with van der Waals surface area (Å²) in [7, 11) is 0. The Morgan fingerprint density at radius 2 is 2.07 bits per heavy atom. The highest BCUT2D eigenvalue weighted by Gasteiger charge is 2.16. The van der Waals surface area contributed by atoms with Crippen molar-refractivity contribution in [3.05, 3.63) is 35.2 Å². The van der Waals surface area contributed by atoms with Crippen molar-refractivity contribution in [1.82, 2.24) is 0 Å². The Balaban J connectivity index is 2.43. The smallest absolute Gasteiger partial charge is 0.0346 e. The summed E-state index contributed by atoms with van der Waals surface area (Å²) in [5, 5.41) is 3.54. The standard InChI is InChI=1S/C13H17NS/c1-3-9(2)13(14)11-8-15-12-7-5-4-6-10(11)12/h4-9,13H,3,14H2,1-2H3/t9?,13-/m1/s1. The maximum atomic E-state index is 6.27. The molecular weight excluding hydrogens is 202 g/mol. The third kappa shape index (κ3) is 1.92. The molecule has 0 aliphatic rings. The summed E-state index contributed by atoms with van der Waals surface area (Å²) in [5.41, 5.74) is 7.58. The normalized spacial score (nSPS) is 15.4. The molecule has 1 nitrogen and oxygen atoms in total. The molecule has 2 atom stereocenters. The molecule has 2 rings (SSSR count). The number of hydrogen-bond donors (Lipinski definition) is 1. The molecule has 0 amide bonds. The highest BCUT2D eigenvalue weighted by Crippen LogP contribution is 2.32. The van der Waals surface area contributed by atoms with Crippen LogP contribution in [-0.2, 0) is 0 Å². The minimum absolute atomic E-state index is 0.172. The van der Waals surface area contributed by atoms with E-state index in [1.165, 1.54) is 15.6 Å². The van der Waals surface area contributed by atoms with Crippen LogP contribution in [0.15, 0.2) is 29.6 Å². The molecule has 0 spiro atoms. The van der Waals surface area contributed by atoms with Crippen molar-refractivity contribution in [2.45, 2.75) is 26.3 Å². The van der Waals surface area contributed by atoms with Gasteiger partial charge in [0.25, 0.3) is 0 Å². The number of thiophene rings is 1. The van der Waals surface area contributed by atoms with Gasteiger partial charge in [-0.3, -0.25) is 0 Å². The summed E-state index contributed by atoms with van der Waals surface area (Å²) in [4.78, 5) is 0. The Morgan fingerprint density at radius 3 is 2.80 bits per heavy atom. The number of hydrogen-bond acceptors (Lipinski definition) is 2. The summed E-state index contributed by atoms with van der Waals surface area (Å²) in [5.74, 6) is 0.544. The molecule has 2 N–H and O–H groups in total. The number of nitrogens with two attached hydrogens (primary N) is 1. The molecular formula is C13H17NS. The lowest BCUT2D eigenvalue weighted by Crippen LogP contribution is -2.17. The third-order valence-electron chi connectivity index (χ3n) is 3.13. The molecule has 0 saturated heterocycles. The van der Waals surface area contributed by atoms with Gasteiger partial charge in [0.05, 0.1) is 0 Å². The van der Waals surface area contributed by atoms with Gasteiger partial charge in [-0.25, -0.2) is 0 Å². The molecule has 2 aromatic rings. The predicted molar refractivity (Wildman–Crippen MR) is 68.2 cm³/mol. The molecule has 2 heteroatoms. The van der Waals surface area contributed by atoms with Crippen molar-refractivity contribution in [2.24, 2.45) is 11.7 Å². The summed E-state index contributed by atoms with van der Waals surface area (Å²) in [6.07, 6.45) is 1.13. The van der Waals surface area contributed by atoms with E-state index < -0.39 is 0 Å². The fourth-order valence-electron chi connectivity index (χ4n) is 1.82. The van der Waals surface area contributed by atoms with Gasteiger partial charge in [-0.05, 0) is 28.3 Å². The van der Waals surface area contributed by atoms with Crippen LogP contribution in [0.3, 0.4) is 0 Å². The van der Waals surface area contributed by atoms with Crippen LogP contribution in [-0.4, -0.2) is 0 Å². The largest absolute Gasteiger partial charge is 0.324 e. The Bertz CT molecular complexity index is 446. The topological polar surface area (TPSA) is 26.0 Å². The van der Waals surface area contributed by atoms with Gasteiger partial charge in [0, 0.05) is 10.7 Å². The van der Waals surface area contributed by atoms with E-state index in [4.69, 9.17) is 5.73 Å². The average molecular weight is 219 g/mol. The van der Waals surface area contributed by atoms with Gasteiger partial charge in [-0.1, -0.05) is 38.5 Å². The van der Waals surface area contributed by atoms with E-state index in [-0.39, 0.29) is 6.04 Å².